The Balaban J connectivity index is 3.38. The molecule has 1 aromatic carbocycles. The summed E-state index contributed by atoms with van der Waals surface area (Å²) in [4.78, 5) is 0. The molecule has 0 heterocycles. The molecule has 1 atom stereocenters. The van der Waals surface area contributed by atoms with E-state index in [-0.39, 0.29) is 5.92 Å². The van der Waals surface area contributed by atoms with Crippen LogP contribution in [0.5, 0.6) is 0 Å². The van der Waals surface area contributed by atoms with Gasteiger partial charge in [0.15, 0.2) is 17.5 Å². The second-order valence-electron chi connectivity index (χ2n) is 3.89. The van der Waals surface area contributed by atoms with Crippen LogP contribution in [0.25, 0.3) is 0 Å². The van der Waals surface area contributed by atoms with Gasteiger partial charge in [0.2, 0.25) is 0 Å². The summed E-state index contributed by atoms with van der Waals surface area (Å²) in [6.45, 7) is 3.45. The van der Waals surface area contributed by atoms with Crippen molar-refractivity contribution in [2.24, 2.45) is 5.92 Å². The van der Waals surface area contributed by atoms with E-state index in [0.717, 1.165) is 0 Å². The van der Waals surface area contributed by atoms with Crippen LogP contribution < -0.4 is 5.32 Å². The molecule has 5 heteroatoms. The summed E-state index contributed by atoms with van der Waals surface area (Å²) in [5, 5.41) is 2.68. The maximum atomic E-state index is 13.4. The van der Waals surface area contributed by atoms with E-state index in [9.17, 15) is 17.6 Å². The molecule has 16 heavy (non-hydrogen) atoms. The van der Waals surface area contributed by atoms with E-state index in [1.54, 1.807) is 13.8 Å². The van der Waals surface area contributed by atoms with Gasteiger partial charge in [-0.15, -0.1) is 0 Å². The third-order valence-corrected chi connectivity index (χ3v) is 2.44. The minimum Gasteiger partial charge on any atom is -0.313 e. The van der Waals surface area contributed by atoms with Crippen molar-refractivity contribution in [1.29, 1.82) is 0 Å². The van der Waals surface area contributed by atoms with Crippen molar-refractivity contribution < 1.29 is 17.6 Å². The molecule has 0 saturated carbocycles. The summed E-state index contributed by atoms with van der Waals surface area (Å²) in [7, 11) is 1.50. The van der Waals surface area contributed by atoms with Gasteiger partial charge in [-0.1, -0.05) is 13.8 Å². The molecular weight excluding hydrogens is 222 g/mol. The van der Waals surface area contributed by atoms with Gasteiger partial charge in [-0.2, -0.15) is 0 Å². The molecule has 1 unspecified atom stereocenters. The minimum absolute atomic E-state index is 0.154. The van der Waals surface area contributed by atoms with Gasteiger partial charge in [0.05, 0.1) is 0 Å². The van der Waals surface area contributed by atoms with Gasteiger partial charge >= 0.3 is 0 Å². The van der Waals surface area contributed by atoms with Gasteiger partial charge in [-0.3, -0.25) is 0 Å². The van der Waals surface area contributed by atoms with Crippen molar-refractivity contribution in [2.75, 3.05) is 7.05 Å². The lowest BCUT2D eigenvalue weighted by Crippen LogP contribution is -2.25. The Morgan fingerprint density at radius 1 is 1.00 bits per heavy atom. The Labute approximate surface area is 91.5 Å². The van der Waals surface area contributed by atoms with E-state index in [2.05, 4.69) is 5.32 Å². The molecule has 0 fully saturated rings. The first-order chi connectivity index (χ1) is 7.40. The highest BCUT2D eigenvalue weighted by Crippen LogP contribution is 2.29. The third kappa shape index (κ3) is 2.19. The van der Waals surface area contributed by atoms with E-state index in [4.69, 9.17) is 0 Å². The lowest BCUT2D eigenvalue weighted by molar-refractivity contribution is 0.373. The number of benzene rings is 1. The van der Waals surface area contributed by atoms with Crippen LogP contribution in [-0.2, 0) is 0 Å². The molecule has 0 aliphatic rings. The average Bonchev–Trinajstić information content (AvgIpc) is 2.20. The largest absolute Gasteiger partial charge is 0.313 e. The van der Waals surface area contributed by atoms with Crippen molar-refractivity contribution in [3.05, 3.63) is 34.9 Å². The quantitative estimate of drug-likeness (QED) is 0.482. The molecule has 1 nitrogen and oxygen atoms in total. The highest BCUT2D eigenvalue weighted by atomic mass is 19.2. The lowest BCUT2D eigenvalue weighted by atomic mass is 9.95. The Hall–Kier alpha value is -1.10. The highest BCUT2D eigenvalue weighted by Gasteiger charge is 2.26. The summed E-state index contributed by atoms with van der Waals surface area (Å²) in [6.07, 6.45) is 0. The molecule has 0 aliphatic carbocycles. The smallest absolute Gasteiger partial charge is 0.194 e. The fourth-order valence-electron chi connectivity index (χ4n) is 1.68. The zero-order valence-electron chi connectivity index (χ0n) is 9.24. The second-order valence-corrected chi connectivity index (χ2v) is 3.89. The fraction of sp³-hybridized carbons (Fsp3) is 0.455. The summed E-state index contributed by atoms with van der Waals surface area (Å²) in [6, 6.07) is -0.337. The Kier molecular flexibility index (Phi) is 3.91. The first-order valence-corrected chi connectivity index (χ1v) is 4.90. The molecule has 0 saturated heterocycles. The molecule has 0 aliphatic heterocycles. The molecule has 0 aromatic heterocycles. The van der Waals surface area contributed by atoms with Crippen molar-refractivity contribution in [1.82, 2.24) is 5.32 Å². The van der Waals surface area contributed by atoms with Crippen molar-refractivity contribution in [3.63, 3.8) is 0 Å². The lowest BCUT2D eigenvalue weighted by Gasteiger charge is -2.22. The van der Waals surface area contributed by atoms with Crippen LogP contribution in [0, 0.1) is 29.2 Å². The predicted molar refractivity (Wildman–Crippen MR) is 52.9 cm³/mol. The Morgan fingerprint density at radius 2 is 1.56 bits per heavy atom. The molecule has 1 rings (SSSR count). The molecule has 1 N–H and O–H groups in total. The fourth-order valence-corrected chi connectivity index (χ4v) is 1.68. The van der Waals surface area contributed by atoms with Crippen LogP contribution in [0.1, 0.15) is 25.5 Å². The average molecular weight is 235 g/mol. The third-order valence-electron chi connectivity index (χ3n) is 2.44. The monoisotopic (exact) mass is 235 g/mol. The molecule has 0 bridgehead atoms. The summed E-state index contributed by atoms with van der Waals surface area (Å²) in [5.41, 5.74) is -0.462. The zero-order valence-corrected chi connectivity index (χ0v) is 9.24. The van der Waals surface area contributed by atoms with Gasteiger partial charge < -0.3 is 5.32 Å². The van der Waals surface area contributed by atoms with E-state index < -0.39 is 34.9 Å². The molecule has 0 radical (unpaired) electrons. The number of hydrogen-bond acceptors (Lipinski definition) is 1. The molecule has 0 amide bonds. The van der Waals surface area contributed by atoms with Crippen LogP contribution in [-0.4, -0.2) is 7.05 Å². The molecule has 1 aromatic rings. The van der Waals surface area contributed by atoms with Crippen LogP contribution >= 0.6 is 0 Å². The van der Waals surface area contributed by atoms with E-state index >= 15 is 0 Å². The Bertz CT molecular complexity index is 390. The SMILES string of the molecule is CNC(c1c(F)cc(F)c(F)c1F)C(C)C. The first kappa shape index (κ1) is 13.0. The van der Waals surface area contributed by atoms with Gasteiger partial charge in [0, 0.05) is 17.7 Å². The first-order valence-electron chi connectivity index (χ1n) is 4.90. The van der Waals surface area contributed by atoms with E-state index in [0.29, 0.717) is 6.07 Å². The van der Waals surface area contributed by atoms with Gasteiger partial charge in [0.25, 0.3) is 0 Å². The maximum Gasteiger partial charge on any atom is 0.194 e. The second kappa shape index (κ2) is 4.82. The molecule has 90 valence electrons. The van der Waals surface area contributed by atoms with Crippen LogP contribution in [0.15, 0.2) is 6.07 Å². The predicted octanol–water partition coefficient (Wildman–Crippen LogP) is 3.16. The summed E-state index contributed by atoms with van der Waals surface area (Å²) >= 11 is 0. The van der Waals surface area contributed by atoms with Gasteiger partial charge in [-0.05, 0) is 13.0 Å². The minimum atomic E-state index is -1.64. The highest BCUT2D eigenvalue weighted by molar-refractivity contribution is 5.26. The van der Waals surface area contributed by atoms with Crippen molar-refractivity contribution in [3.8, 4) is 0 Å². The van der Waals surface area contributed by atoms with E-state index in [1.807, 2.05) is 0 Å². The summed E-state index contributed by atoms with van der Waals surface area (Å²) < 4.78 is 52.5. The van der Waals surface area contributed by atoms with Gasteiger partial charge in [-0.25, -0.2) is 17.6 Å². The normalized spacial score (nSPS) is 13.2. The number of nitrogens with one attached hydrogen (secondary N) is 1. The number of rotatable bonds is 3. The summed E-state index contributed by atoms with van der Waals surface area (Å²) in [5.74, 6) is -5.86. The zero-order chi connectivity index (χ0) is 12.5. The van der Waals surface area contributed by atoms with Gasteiger partial charge in [0.1, 0.15) is 5.82 Å². The molecule has 0 spiro atoms. The molecular formula is C11H13F4N. The Morgan fingerprint density at radius 3 is 2.00 bits per heavy atom. The maximum absolute atomic E-state index is 13.4. The topological polar surface area (TPSA) is 12.0 Å². The van der Waals surface area contributed by atoms with Crippen molar-refractivity contribution >= 4 is 0 Å². The number of hydrogen-bond donors (Lipinski definition) is 1. The van der Waals surface area contributed by atoms with E-state index in [1.165, 1.54) is 7.05 Å². The van der Waals surface area contributed by atoms with Crippen LogP contribution in [0.2, 0.25) is 0 Å². The standard InChI is InChI=1S/C11H13F4N/c1-5(2)11(16-3)8-6(12)4-7(13)9(14)10(8)15/h4-5,11,16H,1-3H3. The van der Waals surface area contributed by atoms with Crippen LogP contribution in [0.3, 0.4) is 0 Å². The van der Waals surface area contributed by atoms with Crippen LogP contribution in [0.4, 0.5) is 17.6 Å². The number of halogens is 4. The van der Waals surface area contributed by atoms with Crippen molar-refractivity contribution in [2.45, 2.75) is 19.9 Å².